The molecule has 5 rings (SSSR count). The van der Waals surface area contributed by atoms with E-state index in [2.05, 4.69) is 57.3 Å². The lowest BCUT2D eigenvalue weighted by Crippen LogP contribution is -2.02. The van der Waals surface area contributed by atoms with Crippen LogP contribution in [0.4, 0.5) is 5.82 Å². The van der Waals surface area contributed by atoms with Crippen molar-refractivity contribution in [3.05, 3.63) is 108 Å². The normalized spacial score (nSPS) is 10.7. The Morgan fingerprint density at radius 1 is 0.613 bits per heavy atom. The number of aromatic nitrogens is 3. The van der Waals surface area contributed by atoms with Crippen molar-refractivity contribution in [3.63, 3.8) is 0 Å². The summed E-state index contributed by atoms with van der Waals surface area (Å²) >= 11 is 1.67. The molecule has 5 aromatic rings. The highest BCUT2D eigenvalue weighted by atomic mass is 32.1. The van der Waals surface area contributed by atoms with Gasteiger partial charge in [-0.15, -0.1) is 21.5 Å². The third-order valence-corrected chi connectivity index (χ3v) is 5.87. The van der Waals surface area contributed by atoms with E-state index in [1.54, 1.807) is 11.3 Å². The minimum atomic E-state index is 0.687. The molecule has 31 heavy (non-hydrogen) atoms. The van der Waals surface area contributed by atoms with Crippen LogP contribution in [0.5, 0.6) is 0 Å². The molecular weight excluding hydrogens is 400 g/mol. The van der Waals surface area contributed by atoms with Crippen LogP contribution in [0.3, 0.4) is 0 Å². The first-order chi connectivity index (χ1) is 15.3. The Morgan fingerprint density at radius 2 is 1.29 bits per heavy atom. The van der Waals surface area contributed by atoms with E-state index < -0.39 is 0 Å². The number of thiazole rings is 1. The van der Waals surface area contributed by atoms with Gasteiger partial charge in [0.2, 0.25) is 0 Å². The van der Waals surface area contributed by atoms with Crippen LogP contribution >= 0.6 is 11.3 Å². The molecule has 0 saturated heterocycles. The molecule has 0 atom stereocenters. The highest BCUT2D eigenvalue weighted by Crippen LogP contribution is 2.29. The highest BCUT2D eigenvalue weighted by Gasteiger charge is 2.07. The Labute approximate surface area is 185 Å². The van der Waals surface area contributed by atoms with Crippen LogP contribution in [-0.2, 0) is 6.54 Å². The summed E-state index contributed by atoms with van der Waals surface area (Å²) in [6.45, 7) is 0.687. The van der Waals surface area contributed by atoms with E-state index in [0.29, 0.717) is 6.54 Å². The molecule has 0 amide bonds. The lowest BCUT2D eigenvalue weighted by molar-refractivity contribution is 1.01. The quantitative estimate of drug-likeness (QED) is 0.339. The lowest BCUT2D eigenvalue weighted by Gasteiger charge is -2.07. The van der Waals surface area contributed by atoms with E-state index in [4.69, 9.17) is 4.98 Å². The van der Waals surface area contributed by atoms with Crippen molar-refractivity contribution >= 4 is 17.2 Å². The summed E-state index contributed by atoms with van der Waals surface area (Å²) < 4.78 is 0. The van der Waals surface area contributed by atoms with Gasteiger partial charge in [-0.1, -0.05) is 84.9 Å². The molecule has 5 heteroatoms. The number of hydrogen-bond acceptors (Lipinski definition) is 5. The smallest absolute Gasteiger partial charge is 0.148 e. The van der Waals surface area contributed by atoms with Gasteiger partial charge < -0.3 is 5.32 Å². The summed E-state index contributed by atoms with van der Waals surface area (Å²) in [7, 11) is 0. The Bertz CT molecular complexity index is 1250. The average Bonchev–Trinajstić information content (AvgIpc) is 3.35. The standard InChI is InChI=1S/C26H20N4S/c1-3-7-20(8-4-1)23-15-16-25(30-29-23)27-17-19-11-13-22(14-12-19)26-28-24(18-31-26)21-9-5-2-6-10-21/h1-16,18H,17H2,(H,27,30). The molecule has 0 aliphatic rings. The molecule has 0 saturated carbocycles. The number of nitrogens with one attached hydrogen (secondary N) is 1. The average molecular weight is 421 g/mol. The maximum absolute atomic E-state index is 4.79. The van der Waals surface area contributed by atoms with Crippen LogP contribution in [0.1, 0.15) is 5.56 Å². The van der Waals surface area contributed by atoms with E-state index in [1.165, 1.54) is 5.56 Å². The number of rotatable bonds is 6. The van der Waals surface area contributed by atoms with Gasteiger partial charge in [-0.05, 0) is 17.7 Å². The van der Waals surface area contributed by atoms with E-state index in [1.807, 2.05) is 60.7 Å². The molecule has 0 aliphatic heterocycles. The molecule has 0 unspecified atom stereocenters. The second kappa shape index (κ2) is 8.90. The third kappa shape index (κ3) is 4.52. The largest absolute Gasteiger partial charge is 0.365 e. The molecule has 0 fully saturated rings. The molecule has 0 radical (unpaired) electrons. The summed E-state index contributed by atoms with van der Waals surface area (Å²) in [6, 6.07) is 32.8. The van der Waals surface area contributed by atoms with Crippen LogP contribution in [0.2, 0.25) is 0 Å². The van der Waals surface area contributed by atoms with Gasteiger partial charge >= 0.3 is 0 Å². The number of benzene rings is 3. The van der Waals surface area contributed by atoms with Crippen molar-refractivity contribution in [2.75, 3.05) is 5.32 Å². The molecule has 150 valence electrons. The molecule has 1 N–H and O–H groups in total. The fourth-order valence-electron chi connectivity index (χ4n) is 3.30. The maximum Gasteiger partial charge on any atom is 0.148 e. The van der Waals surface area contributed by atoms with Crippen molar-refractivity contribution in [2.45, 2.75) is 6.54 Å². The zero-order valence-electron chi connectivity index (χ0n) is 16.8. The predicted octanol–water partition coefficient (Wildman–Crippen LogP) is 6.55. The van der Waals surface area contributed by atoms with Gasteiger partial charge in [0.1, 0.15) is 10.8 Å². The van der Waals surface area contributed by atoms with Gasteiger partial charge in [0.05, 0.1) is 11.4 Å². The van der Waals surface area contributed by atoms with Gasteiger partial charge in [0.25, 0.3) is 0 Å². The summed E-state index contributed by atoms with van der Waals surface area (Å²) in [5.74, 6) is 0.760. The van der Waals surface area contributed by atoms with Gasteiger partial charge in [0, 0.05) is 28.6 Å². The summed E-state index contributed by atoms with van der Waals surface area (Å²) in [4.78, 5) is 4.79. The Balaban J connectivity index is 1.22. The van der Waals surface area contributed by atoms with Crippen molar-refractivity contribution in [1.82, 2.24) is 15.2 Å². The minimum Gasteiger partial charge on any atom is -0.365 e. The third-order valence-electron chi connectivity index (χ3n) is 4.98. The van der Waals surface area contributed by atoms with Gasteiger partial charge in [0.15, 0.2) is 0 Å². The predicted molar refractivity (Wildman–Crippen MR) is 128 cm³/mol. The minimum absolute atomic E-state index is 0.687. The monoisotopic (exact) mass is 420 g/mol. The molecule has 0 spiro atoms. The van der Waals surface area contributed by atoms with Gasteiger partial charge in [-0.2, -0.15) is 0 Å². The fourth-order valence-corrected chi connectivity index (χ4v) is 4.13. The van der Waals surface area contributed by atoms with Gasteiger partial charge in [-0.3, -0.25) is 0 Å². The molecular formula is C26H20N4S. The van der Waals surface area contributed by atoms with Gasteiger partial charge in [-0.25, -0.2) is 4.98 Å². The zero-order valence-corrected chi connectivity index (χ0v) is 17.6. The van der Waals surface area contributed by atoms with Crippen molar-refractivity contribution in [1.29, 1.82) is 0 Å². The fraction of sp³-hybridized carbons (Fsp3) is 0.0385. The molecule has 0 aliphatic carbocycles. The summed E-state index contributed by atoms with van der Waals surface area (Å²) in [5.41, 5.74) is 6.40. The maximum atomic E-state index is 4.79. The number of nitrogens with zero attached hydrogens (tertiary/aromatic N) is 3. The molecule has 2 heterocycles. The van der Waals surface area contributed by atoms with Crippen LogP contribution < -0.4 is 5.32 Å². The van der Waals surface area contributed by atoms with E-state index in [0.717, 1.165) is 38.9 Å². The summed E-state index contributed by atoms with van der Waals surface area (Å²) in [6.07, 6.45) is 0. The highest BCUT2D eigenvalue weighted by molar-refractivity contribution is 7.13. The first-order valence-corrected chi connectivity index (χ1v) is 11.0. The Morgan fingerprint density at radius 3 is 1.94 bits per heavy atom. The van der Waals surface area contributed by atoms with E-state index in [-0.39, 0.29) is 0 Å². The molecule has 4 nitrogen and oxygen atoms in total. The molecule has 0 bridgehead atoms. The SMILES string of the molecule is c1ccc(-c2ccc(NCc3ccc(-c4nc(-c5ccccc5)cs4)cc3)nn2)cc1. The van der Waals surface area contributed by atoms with E-state index >= 15 is 0 Å². The van der Waals surface area contributed by atoms with Crippen molar-refractivity contribution < 1.29 is 0 Å². The molecule has 3 aromatic carbocycles. The van der Waals surface area contributed by atoms with Crippen molar-refractivity contribution in [3.8, 4) is 33.1 Å². The summed E-state index contributed by atoms with van der Waals surface area (Å²) in [5, 5.41) is 15.1. The second-order valence-corrected chi connectivity index (χ2v) is 7.98. The zero-order chi connectivity index (χ0) is 20.9. The lowest BCUT2D eigenvalue weighted by atomic mass is 10.1. The Hall–Kier alpha value is -3.83. The van der Waals surface area contributed by atoms with Crippen LogP contribution in [0.25, 0.3) is 33.1 Å². The van der Waals surface area contributed by atoms with Crippen LogP contribution in [0.15, 0.2) is 102 Å². The van der Waals surface area contributed by atoms with Crippen LogP contribution in [0, 0.1) is 0 Å². The van der Waals surface area contributed by atoms with Crippen LogP contribution in [-0.4, -0.2) is 15.2 Å². The second-order valence-electron chi connectivity index (χ2n) is 7.12. The first kappa shape index (κ1) is 19.2. The number of hydrogen-bond donors (Lipinski definition) is 1. The first-order valence-electron chi connectivity index (χ1n) is 10.1. The van der Waals surface area contributed by atoms with E-state index in [9.17, 15) is 0 Å². The molecule has 2 aromatic heterocycles. The topological polar surface area (TPSA) is 50.7 Å². The Kier molecular flexibility index (Phi) is 5.50. The van der Waals surface area contributed by atoms with Crippen molar-refractivity contribution in [2.24, 2.45) is 0 Å². The number of anilines is 1.